The van der Waals surface area contributed by atoms with Crippen molar-refractivity contribution in [3.8, 4) is 0 Å². The van der Waals surface area contributed by atoms with Gasteiger partial charge in [-0.05, 0) is 109 Å². The summed E-state index contributed by atoms with van der Waals surface area (Å²) in [7, 11) is 0. The van der Waals surface area contributed by atoms with E-state index in [0.29, 0.717) is 19.3 Å². The van der Waals surface area contributed by atoms with Gasteiger partial charge in [0.2, 0.25) is 0 Å². The van der Waals surface area contributed by atoms with Gasteiger partial charge in [0.05, 0.1) is 0 Å². The molecule has 0 aliphatic rings. The van der Waals surface area contributed by atoms with Crippen molar-refractivity contribution in [2.45, 2.75) is 290 Å². The molecule has 6 heteroatoms. The van der Waals surface area contributed by atoms with Crippen LogP contribution in [0.25, 0.3) is 0 Å². The molecule has 6 nitrogen and oxygen atoms in total. The van der Waals surface area contributed by atoms with Gasteiger partial charge >= 0.3 is 17.9 Å². The van der Waals surface area contributed by atoms with Gasteiger partial charge < -0.3 is 14.2 Å². The summed E-state index contributed by atoms with van der Waals surface area (Å²) in [5.74, 6) is -0.912. The second-order valence-electron chi connectivity index (χ2n) is 19.2. The molecule has 0 saturated heterocycles. The number of carbonyl (C=O) groups is 3. The van der Waals surface area contributed by atoms with Crippen LogP contribution in [-0.2, 0) is 28.6 Å². The Morgan fingerprint density at radius 2 is 0.544 bits per heavy atom. The van der Waals surface area contributed by atoms with E-state index < -0.39 is 6.10 Å². The molecule has 0 bridgehead atoms. The molecule has 0 rings (SSSR count). The van der Waals surface area contributed by atoms with E-state index in [4.69, 9.17) is 14.2 Å². The lowest BCUT2D eigenvalue weighted by atomic mass is 10.1. The first kappa shape index (κ1) is 64.8. The van der Waals surface area contributed by atoms with Gasteiger partial charge in [0, 0.05) is 19.3 Å². The van der Waals surface area contributed by atoms with Crippen LogP contribution in [0.15, 0.2) is 72.9 Å². The van der Waals surface area contributed by atoms with Crippen LogP contribution in [0.4, 0.5) is 0 Å². The smallest absolute Gasteiger partial charge is 0.306 e. The fourth-order valence-electron chi connectivity index (χ4n) is 7.99. The monoisotopic (exact) mass is 949 g/mol. The van der Waals surface area contributed by atoms with Gasteiger partial charge in [-0.15, -0.1) is 0 Å². The highest BCUT2D eigenvalue weighted by Crippen LogP contribution is 2.14. The Bertz CT molecular complexity index is 1270. The first-order chi connectivity index (χ1) is 33.5. The molecule has 0 amide bonds. The molecule has 0 aromatic rings. The third kappa shape index (κ3) is 53.8. The van der Waals surface area contributed by atoms with E-state index in [0.717, 1.165) is 109 Å². The Hall–Kier alpha value is -3.15. The number of rotatable bonds is 52. The van der Waals surface area contributed by atoms with E-state index in [9.17, 15) is 14.4 Å². The molecule has 1 atom stereocenters. The van der Waals surface area contributed by atoms with Gasteiger partial charge in [0.15, 0.2) is 6.10 Å². The van der Waals surface area contributed by atoms with Crippen LogP contribution in [-0.4, -0.2) is 37.2 Å². The highest BCUT2D eigenvalue weighted by atomic mass is 16.6. The molecule has 0 aromatic heterocycles. The maximum absolute atomic E-state index is 12.8. The third-order valence-electron chi connectivity index (χ3n) is 12.4. The molecular formula is C62H108O6. The Morgan fingerprint density at radius 1 is 0.294 bits per heavy atom. The normalized spacial score (nSPS) is 12.6. The topological polar surface area (TPSA) is 78.9 Å². The Balaban J connectivity index is 4.34. The van der Waals surface area contributed by atoms with Crippen molar-refractivity contribution < 1.29 is 28.6 Å². The second kappa shape index (κ2) is 56.4. The van der Waals surface area contributed by atoms with E-state index in [1.807, 2.05) is 0 Å². The van der Waals surface area contributed by atoms with Gasteiger partial charge in [0.25, 0.3) is 0 Å². The molecule has 68 heavy (non-hydrogen) atoms. The number of hydrogen-bond donors (Lipinski definition) is 0. The minimum absolute atomic E-state index is 0.0874. The molecule has 0 aliphatic heterocycles. The van der Waals surface area contributed by atoms with Crippen molar-refractivity contribution >= 4 is 17.9 Å². The van der Waals surface area contributed by atoms with Crippen molar-refractivity contribution in [2.24, 2.45) is 0 Å². The highest BCUT2D eigenvalue weighted by molar-refractivity contribution is 5.71. The zero-order chi connectivity index (χ0) is 49.3. The first-order valence-corrected chi connectivity index (χ1v) is 28.9. The largest absolute Gasteiger partial charge is 0.462 e. The lowest BCUT2D eigenvalue weighted by Crippen LogP contribution is -2.30. The zero-order valence-electron chi connectivity index (χ0n) is 44.9. The maximum atomic E-state index is 12.8. The summed E-state index contributed by atoms with van der Waals surface area (Å²) in [6.45, 7) is 6.56. The van der Waals surface area contributed by atoms with Crippen LogP contribution >= 0.6 is 0 Å². The number of ether oxygens (including phenoxy) is 3. The Labute approximate surface area is 421 Å². The van der Waals surface area contributed by atoms with Crippen molar-refractivity contribution in [1.29, 1.82) is 0 Å². The van der Waals surface area contributed by atoms with Crippen molar-refractivity contribution in [3.63, 3.8) is 0 Å². The quantitative estimate of drug-likeness (QED) is 0.0262. The average molecular weight is 950 g/mol. The van der Waals surface area contributed by atoms with Crippen molar-refractivity contribution in [3.05, 3.63) is 72.9 Å². The summed E-state index contributed by atoms with van der Waals surface area (Å²) in [5.41, 5.74) is 0. The molecule has 0 saturated carbocycles. The lowest BCUT2D eigenvalue weighted by molar-refractivity contribution is -0.167. The van der Waals surface area contributed by atoms with Gasteiger partial charge in [-0.3, -0.25) is 14.4 Å². The summed E-state index contributed by atoms with van der Waals surface area (Å²) in [4.78, 5) is 38.1. The molecule has 1 unspecified atom stereocenters. The second-order valence-corrected chi connectivity index (χ2v) is 19.2. The third-order valence-corrected chi connectivity index (χ3v) is 12.4. The van der Waals surface area contributed by atoms with E-state index >= 15 is 0 Å². The molecule has 0 spiro atoms. The average Bonchev–Trinajstić information content (AvgIpc) is 3.34. The fourth-order valence-corrected chi connectivity index (χ4v) is 7.99. The Kier molecular flexibility index (Phi) is 53.8. The van der Waals surface area contributed by atoms with Crippen LogP contribution in [0.3, 0.4) is 0 Å². The van der Waals surface area contributed by atoms with Gasteiger partial charge in [-0.2, -0.15) is 0 Å². The summed E-state index contributed by atoms with van der Waals surface area (Å²) < 4.78 is 16.8. The maximum Gasteiger partial charge on any atom is 0.306 e. The molecule has 0 N–H and O–H groups in total. The minimum Gasteiger partial charge on any atom is -0.462 e. The van der Waals surface area contributed by atoms with Gasteiger partial charge in [-0.25, -0.2) is 0 Å². The van der Waals surface area contributed by atoms with E-state index in [1.54, 1.807) is 0 Å². The van der Waals surface area contributed by atoms with Crippen LogP contribution in [0.5, 0.6) is 0 Å². The van der Waals surface area contributed by atoms with E-state index in [-0.39, 0.29) is 31.1 Å². The minimum atomic E-state index is -0.789. The highest BCUT2D eigenvalue weighted by Gasteiger charge is 2.19. The number of unbranched alkanes of at least 4 members (excludes halogenated alkanes) is 29. The van der Waals surface area contributed by atoms with Crippen molar-refractivity contribution in [2.75, 3.05) is 13.2 Å². The predicted molar refractivity (Wildman–Crippen MR) is 293 cm³/mol. The molecule has 0 radical (unpaired) electrons. The standard InChI is InChI=1S/C62H108O6/c1-4-7-10-13-16-19-22-24-26-28-29-30-31-32-33-34-36-37-40-43-46-49-52-55-61(64)67-58-59(57-66-60(63)54-51-48-45-42-39-21-18-15-12-9-6-3)68-62(65)56-53-50-47-44-41-38-35-27-25-23-20-17-14-11-8-5-2/h15,18,20,22-24,27-29,31-32,35,59H,4-14,16-17,19,21,25-26,30,33-34,36-58H2,1-3H3/b18-15-,23-20-,24-22-,29-28-,32-31-,35-27-. The molecular weight excluding hydrogens is 841 g/mol. The zero-order valence-corrected chi connectivity index (χ0v) is 44.9. The van der Waals surface area contributed by atoms with Crippen LogP contribution in [0.1, 0.15) is 284 Å². The van der Waals surface area contributed by atoms with E-state index in [1.165, 1.54) is 135 Å². The number of esters is 3. The molecule has 0 aliphatic carbocycles. The van der Waals surface area contributed by atoms with Crippen LogP contribution in [0.2, 0.25) is 0 Å². The number of carbonyl (C=O) groups excluding carboxylic acids is 3. The molecule has 0 heterocycles. The van der Waals surface area contributed by atoms with Crippen molar-refractivity contribution in [1.82, 2.24) is 0 Å². The molecule has 392 valence electrons. The van der Waals surface area contributed by atoms with Gasteiger partial charge in [0.1, 0.15) is 13.2 Å². The molecule has 0 fully saturated rings. The molecule has 0 aromatic carbocycles. The lowest BCUT2D eigenvalue weighted by Gasteiger charge is -2.18. The first-order valence-electron chi connectivity index (χ1n) is 28.9. The number of allylic oxidation sites excluding steroid dienone is 12. The van der Waals surface area contributed by atoms with Gasteiger partial charge in [-0.1, -0.05) is 229 Å². The number of hydrogen-bond acceptors (Lipinski definition) is 6. The predicted octanol–water partition coefficient (Wildman–Crippen LogP) is 19.4. The van der Waals surface area contributed by atoms with Crippen LogP contribution < -0.4 is 0 Å². The summed E-state index contributed by atoms with van der Waals surface area (Å²) in [6.07, 6.45) is 71.8. The summed E-state index contributed by atoms with van der Waals surface area (Å²) in [5, 5.41) is 0. The van der Waals surface area contributed by atoms with Crippen LogP contribution in [0, 0.1) is 0 Å². The Morgan fingerprint density at radius 3 is 0.897 bits per heavy atom. The summed E-state index contributed by atoms with van der Waals surface area (Å²) >= 11 is 0. The fraction of sp³-hybridized carbons (Fsp3) is 0.758. The summed E-state index contributed by atoms with van der Waals surface area (Å²) in [6, 6.07) is 0. The van der Waals surface area contributed by atoms with E-state index in [2.05, 4.69) is 93.7 Å². The SMILES string of the molecule is CCCC/C=C\CCCCCCCC(=O)OCC(COC(=O)CCCCCCCCCC/C=C\C/C=C\C/C=C\CCCCCCC)OC(=O)CCCCCCC/C=C\C/C=C\CCCCCC.